The number of fused-ring (bicyclic) bond motifs is 1. The van der Waals surface area contributed by atoms with E-state index in [2.05, 4.69) is 0 Å². The molecule has 2 aliphatic rings. The van der Waals surface area contributed by atoms with Crippen molar-refractivity contribution in [1.82, 2.24) is 4.90 Å². The molecule has 164 valence electrons. The molecule has 11 heteroatoms. The highest BCUT2D eigenvalue weighted by molar-refractivity contribution is 6.59. The number of ketones is 1. The number of amides is 1. The van der Waals surface area contributed by atoms with Gasteiger partial charge >= 0.3 is 12.7 Å². The van der Waals surface area contributed by atoms with Crippen molar-refractivity contribution in [2.24, 2.45) is 11.7 Å². The number of aromatic carboxylic acids is 1. The average molecular weight is 421 g/mol. The van der Waals surface area contributed by atoms with Gasteiger partial charge in [0.1, 0.15) is 23.2 Å². The van der Waals surface area contributed by atoms with Crippen LogP contribution in [-0.4, -0.2) is 69.7 Å². The van der Waals surface area contributed by atoms with E-state index in [9.17, 15) is 29.5 Å². The number of Topliss-reactive ketones (excluding diaryl/α,β-unsaturated/α-hetero) is 1. The van der Waals surface area contributed by atoms with E-state index in [1.807, 2.05) is 0 Å². The lowest BCUT2D eigenvalue weighted by Crippen LogP contribution is -2.57. The Bertz CT molecular complexity index is 866. The number of carbonyl (C=O) groups is 3. The fourth-order valence-electron chi connectivity index (χ4n) is 3.59. The second kappa shape index (κ2) is 8.25. The predicted molar refractivity (Wildman–Crippen MR) is 106 cm³/mol. The molecule has 0 spiro atoms. The van der Waals surface area contributed by atoms with E-state index in [1.165, 1.54) is 11.0 Å². The quantitative estimate of drug-likeness (QED) is 0.436. The van der Waals surface area contributed by atoms with Crippen molar-refractivity contribution < 1.29 is 38.9 Å². The van der Waals surface area contributed by atoms with E-state index in [-0.39, 0.29) is 61.0 Å². The van der Waals surface area contributed by atoms with Crippen molar-refractivity contribution in [2.75, 3.05) is 13.1 Å². The molecular formula is C19H26BN2O8-. The lowest BCUT2D eigenvalue weighted by atomic mass is 9.70. The van der Waals surface area contributed by atoms with Gasteiger partial charge in [0.05, 0.1) is 24.9 Å². The third-order valence-corrected chi connectivity index (χ3v) is 5.40. The van der Waals surface area contributed by atoms with Gasteiger partial charge in [-0.1, -0.05) is 19.3 Å². The number of nitrogens with two attached hydrogens (primary N) is 1. The molecule has 2 aliphatic heterocycles. The summed E-state index contributed by atoms with van der Waals surface area (Å²) in [4.78, 5) is 37.5. The van der Waals surface area contributed by atoms with Gasteiger partial charge in [-0.05, 0) is 25.0 Å². The Kier molecular flexibility index (Phi) is 6.07. The molecule has 10 nitrogen and oxygen atoms in total. The molecule has 0 aliphatic carbocycles. The lowest BCUT2D eigenvalue weighted by molar-refractivity contribution is -0.145. The SMILES string of the molecule is C[C@@H](N)C(=O)C[C@H](C)C(=O)N1CC(Oc2ccc3c(c2C(=O)O)O[B-](O)(O)CC3)C1. The third-order valence-electron chi connectivity index (χ3n) is 5.40. The van der Waals surface area contributed by atoms with Crippen LogP contribution >= 0.6 is 0 Å². The topological polar surface area (TPSA) is 160 Å². The minimum Gasteiger partial charge on any atom is -0.669 e. The smallest absolute Gasteiger partial charge is 0.430 e. The summed E-state index contributed by atoms with van der Waals surface area (Å²) in [7, 11) is 0. The Labute approximate surface area is 173 Å². The Balaban J connectivity index is 1.66. The summed E-state index contributed by atoms with van der Waals surface area (Å²) in [5.41, 5.74) is 5.81. The van der Waals surface area contributed by atoms with Crippen LogP contribution in [0, 0.1) is 5.92 Å². The minimum atomic E-state index is -3.12. The zero-order chi connectivity index (χ0) is 22.2. The standard InChI is InChI=1S/C19H26BN2O8/c1-10(7-14(23)11(2)21)18(24)22-8-13(9-22)29-15-4-3-12-5-6-20(27,28)30-17(12)16(15)19(25)26/h3-4,10-11,13,27-28H,5-9,21H2,1-2H3,(H,25,26)/q-1/t10-,11+/m0/s1. The molecular weight excluding hydrogens is 395 g/mol. The first-order valence-corrected chi connectivity index (χ1v) is 9.90. The van der Waals surface area contributed by atoms with Crippen LogP contribution in [0.4, 0.5) is 0 Å². The number of aryl methyl sites for hydroxylation is 1. The molecule has 0 radical (unpaired) electrons. The van der Waals surface area contributed by atoms with Gasteiger partial charge in [-0.15, -0.1) is 0 Å². The monoisotopic (exact) mass is 421 g/mol. The first kappa shape index (κ1) is 22.1. The van der Waals surface area contributed by atoms with Crippen LogP contribution in [0.25, 0.3) is 0 Å². The van der Waals surface area contributed by atoms with Crippen molar-refractivity contribution in [3.05, 3.63) is 23.3 Å². The van der Waals surface area contributed by atoms with E-state index >= 15 is 0 Å². The van der Waals surface area contributed by atoms with Crippen molar-refractivity contribution in [3.63, 3.8) is 0 Å². The number of hydrogen-bond donors (Lipinski definition) is 4. The summed E-state index contributed by atoms with van der Waals surface area (Å²) in [5.74, 6) is -2.26. The molecule has 1 aromatic rings. The van der Waals surface area contributed by atoms with Gasteiger partial charge in [0.2, 0.25) is 5.91 Å². The fourth-order valence-corrected chi connectivity index (χ4v) is 3.59. The molecule has 2 heterocycles. The summed E-state index contributed by atoms with van der Waals surface area (Å²) in [6, 6.07) is 2.52. The largest absolute Gasteiger partial charge is 0.669 e. The van der Waals surface area contributed by atoms with Gasteiger partial charge in [0, 0.05) is 12.3 Å². The van der Waals surface area contributed by atoms with E-state index in [4.69, 9.17) is 15.1 Å². The molecule has 0 bridgehead atoms. The summed E-state index contributed by atoms with van der Waals surface area (Å²) in [6.45, 7) is 0.626. The molecule has 1 aromatic carbocycles. The van der Waals surface area contributed by atoms with Crippen LogP contribution in [0.15, 0.2) is 12.1 Å². The summed E-state index contributed by atoms with van der Waals surface area (Å²) < 4.78 is 10.9. The number of nitrogens with zero attached hydrogens (tertiary/aromatic N) is 1. The van der Waals surface area contributed by atoms with E-state index in [1.54, 1.807) is 19.9 Å². The van der Waals surface area contributed by atoms with Crippen molar-refractivity contribution in [1.29, 1.82) is 0 Å². The fraction of sp³-hybridized carbons (Fsp3) is 0.526. The first-order valence-electron chi connectivity index (χ1n) is 9.90. The van der Waals surface area contributed by atoms with Crippen LogP contribution in [0.1, 0.15) is 36.2 Å². The molecule has 5 N–H and O–H groups in total. The Morgan fingerprint density at radius 3 is 2.57 bits per heavy atom. The maximum atomic E-state index is 12.4. The molecule has 2 atom stereocenters. The van der Waals surface area contributed by atoms with Crippen LogP contribution in [0.2, 0.25) is 6.32 Å². The number of carboxylic acid groups (broad SMARTS) is 1. The lowest BCUT2D eigenvalue weighted by Gasteiger charge is -2.41. The van der Waals surface area contributed by atoms with Crippen LogP contribution < -0.4 is 15.1 Å². The van der Waals surface area contributed by atoms with Crippen LogP contribution in [-0.2, 0) is 16.0 Å². The molecule has 1 fully saturated rings. The maximum absolute atomic E-state index is 12.4. The van der Waals surface area contributed by atoms with Gasteiger partial charge in [0.15, 0.2) is 0 Å². The maximum Gasteiger partial charge on any atom is 0.430 e. The van der Waals surface area contributed by atoms with E-state index in [0.29, 0.717) is 5.56 Å². The minimum absolute atomic E-state index is 0.0183. The number of likely N-dealkylation sites (tertiary alicyclic amines) is 1. The summed E-state index contributed by atoms with van der Waals surface area (Å²) in [6.07, 6.45) is -0.110. The summed E-state index contributed by atoms with van der Waals surface area (Å²) >= 11 is 0. The highest BCUT2D eigenvalue weighted by Gasteiger charge is 2.37. The molecule has 3 rings (SSSR count). The van der Waals surface area contributed by atoms with Gasteiger partial charge in [-0.2, -0.15) is 0 Å². The van der Waals surface area contributed by atoms with Crippen LogP contribution in [0.5, 0.6) is 11.5 Å². The Morgan fingerprint density at radius 1 is 1.30 bits per heavy atom. The number of hydrogen-bond acceptors (Lipinski definition) is 8. The predicted octanol–water partition coefficient (Wildman–Crippen LogP) is -0.225. The Morgan fingerprint density at radius 2 is 1.97 bits per heavy atom. The van der Waals surface area contributed by atoms with Gasteiger partial charge in [0.25, 0.3) is 0 Å². The second-order valence-electron chi connectivity index (χ2n) is 8.09. The molecule has 1 amide bonds. The van der Waals surface area contributed by atoms with E-state index in [0.717, 1.165) is 0 Å². The van der Waals surface area contributed by atoms with Crippen molar-refractivity contribution >= 4 is 24.4 Å². The number of carboxylic acids is 1. The number of benzene rings is 1. The van der Waals surface area contributed by atoms with Crippen LogP contribution in [0.3, 0.4) is 0 Å². The third kappa shape index (κ3) is 4.58. The molecule has 0 aromatic heterocycles. The van der Waals surface area contributed by atoms with Gasteiger partial charge < -0.3 is 35.2 Å². The number of carbonyl (C=O) groups excluding carboxylic acids is 2. The summed E-state index contributed by atoms with van der Waals surface area (Å²) in [5, 5.41) is 29.2. The van der Waals surface area contributed by atoms with Crippen molar-refractivity contribution in [2.45, 2.75) is 45.2 Å². The molecule has 1 saturated heterocycles. The Hall–Kier alpha value is -2.63. The number of rotatable bonds is 7. The number of ether oxygens (including phenoxy) is 1. The second-order valence-corrected chi connectivity index (χ2v) is 8.09. The first-order chi connectivity index (χ1) is 14.0. The highest BCUT2D eigenvalue weighted by Crippen LogP contribution is 2.39. The van der Waals surface area contributed by atoms with E-state index < -0.39 is 30.8 Å². The zero-order valence-corrected chi connectivity index (χ0v) is 16.9. The van der Waals surface area contributed by atoms with Gasteiger partial charge in [-0.3, -0.25) is 9.59 Å². The molecule has 0 unspecified atom stereocenters. The van der Waals surface area contributed by atoms with Gasteiger partial charge in [-0.25, -0.2) is 4.79 Å². The normalized spacial score (nSPS) is 19.7. The van der Waals surface area contributed by atoms with Crippen molar-refractivity contribution in [3.8, 4) is 11.5 Å². The highest BCUT2D eigenvalue weighted by atomic mass is 16.6. The average Bonchev–Trinajstić information content (AvgIpc) is 2.61. The molecule has 0 saturated carbocycles. The molecule has 30 heavy (non-hydrogen) atoms. The zero-order valence-electron chi connectivity index (χ0n) is 16.9.